The van der Waals surface area contributed by atoms with E-state index in [4.69, 9.17) is 0 Å². The van der Waals surface area contributed by atoms with Crippen LogP contribution in [0.1, 0.15) is 6.92 Å². The standard InChI is InChI=1S/C7H6O2S/c1-3-4-5-6-7(2)10(8)9/h1H2,2H3,(H,8,9)/p-1. The quantitative estimate of drug-likeness (QED) is 0.417. The molecular formula is C7H5O2S-. The van der Waals surface area contributed by atoms with Crippen molar-refractivity contribution in [1.29, 1.82) is 0 Å². The third-order valence-electron chi connectivity index (χ3n) is 0.639. The zero-order chi connectivity index (χ0) is 7.98. The fourth-order valence-corrected chi connectivity index (χ4v) is 0.339. The van der Waals surface area contributed by atoms with Gasteiger partial charge in [0.1, 0.15) is 0 Å². The molecule has 0 aromatic carbocycles. The first-order valence-corrected chi connectivity index (χ1v) is 3.47. The summed E-state index contributed by atoms with van der Waals surface area (Å²) in [5, 5.41) is 0. The van der Waals surface area contributed by atoms with Gasteiger partial charge in [0.25, 0.3) is 0 Å². The molecule has 0 rings (SSSR count). The molecular weight excluding hydrogens is 148 g/mol. The molecule has 10 heavy (non-hydrogen) atoms. The van der Waals surface area contributed by atoms with Gasteiger partial charge in [-0.25, -0.2) is 0 Å². The molecule has 0 aliphatic heterocycles. The molecule has 0 heterocycles. The van der Waals surface area contributed by atoms with E-state index in [1.165, 1.54) is 6.92 Å². The van der Waals surface area contributed by atoms with Crippen LogP contribution < -0.4 is 0 Å². The Bertz CT molecular complexity index is 292. The minimum atomic E-state index is -2.21. The Morgan fingerprint density at radius 2 is 2.20 bits per heavy atom. The van der Waals surface area contributed by atoms with E-state index in [0.717, 1.165) is 0 Å². The predicted molar refractivity (Wildman–Crippen MR) is 37.8 cm³/mol. The number of rotatable bonds is 1. The van der Waals surface area contributed by atoms with Crippen molar-refractivity contribution in [3.63, 3.8) is 0 Å². The highest BCUT2D eigenvalue weighted by atomic mass is 32.2. The Balaban J connectivity index is 4.97. The molecule has 52 valence electrons. The van der Waals surface area contributed by atoms with Crippen molar-refractivity contribution < 1.29 is 8.76 Å². The van der Waals surface area contributed by atoms with Gasteiger partial charge in [0.15, 0.2) is 0 Å². The Labute approximate surface area is 61.9 Å². The zero-order valence-corrected chi connectivity index (χ0v) is 6.25. The molecule has 0 aromatic heterocycles. The molecule has 0 saturated carbocycles. The molecule has 0 radical (unpaired) electrons. The average molecular weight is 153 g/mol. The lowest BCUT2D eigenvalue weighted by Crippen LogP contribution is -1.84. The van der Waals surface area contributed by atoms with Crippen LogP contribution in [0, 0.1) is 0 Å². The van der Waals surface area contributed by atoms with Gasteiger partial charge in [-0.1, -0.05) is 5.73 Å². The fourth-order valence-electron chi connectivity index (χ4n) is 0.205. The molecule has 0 aromatic rings. The van der Waals surface area contributed by atoms with Crippen LogP contribution >= 0.6 is 0 Å². The van der Waals surface area contributed by atoms with E-state index in [0.29, 0.717) is 0 Å². The van der Waals surface area contributed by atoms with Crippen LogP contribution in [0.4, 0.5) is 0 Å². The summed E-state index contributed by atoms with van der Waals surface area (Å²) in [5.74, 6) is 0. The molecule has 0 aliphatic carbocycles. The number of hydrogen-bond donors (Lipinski definition) is 0. The van der Waals surface area contributed by atoms with E-state index in [-0.39, 0.29) is 4.91 Å². The third-order valence-corrected chi connectivity index (χ3v) is 1.24. The van der Waals surface area contributed by atoms with E-state index in [9.17, 15) is 8.76 Å². The van der Waals surface area contributed by atoms with Crippen LogP contribution in [0.2, 0.25) is 0 Å². The van der Waals surface area contributed by atoms with E-state index >= 15 is 0 Å². The van der Waals surface area contributed by atoms with Crippen LogP contribution in [-0.2, 0) is 11.1 Å². The Morgan fingerprint density at radius 3 is 2.60 bits per heavy atom. The molecule has 0 spiro atoms. The summed E-state index contributed by atoms with van der Waals surface area (Å²) in [6.07, 6.45) is 0. The summed E-state index contributed by atoms with van der Waals surface area (Å²) in [6, 6.07) is 0. The van der Waals surface area contributed by atoms with Gasteiger partial charge in [-0.2, -0.15) is 0 Å². The van der Waals surface area contributed by atoms with Crippen molar-refractivity contribution >= 4 is 11.1 Å². The fraction of sp³-hybridized carbons (Fsp3) is 0.143. The SMILES string of the molecule is C=C=C=C=C=C(C)S(=O)[O-]. The van der Waals surface area contributed by atoms with Crippen LogP contribution in [-0.4, -0.2) is 8.76 Å². The predicted octanol–water partition coefficient (Wildman–Crippen LogP) is 1.02. The van der Waals surface area contributed by atoms with Crippen molar-refractivity contribution in [2.75, 3.05) is 0 Å². The van der Waals surface area contributed by atoms with Gasteiger partial charge in [0.2, 0.25) is 0 Å². The zero-order valence-electron chi connectivity index (χ0n) is 5.43. The molecule has 0 aliphatic rings. The molecule has 0 N–H and O–H groups in total. The lowest BCUT2D eigenvalue weighted by Gasteiger charge is -1.97. The molecule has 1 atom stereocenters. The summed E-state index contributed by atoms with van der Waals surface area (Å²) < 4.78 is 20.2. The lowest BCUT2D eigenvalue weighted by molar-refractivity contribution is 0.543. The van der Waals surface area contributed by atoms with E-state index in [1.807, 2.05) is 0 Å². The highest BCUT2D eigenvalue weighted by Gasteiger charge is 1.79. The van der Waals surface area contributed by atoms with Gasteiger partial charge in [0, 0.05) is 0 Å². The van der Waals surface area contributed by atoms with E-state index < -0.39 is 11.1 Å². The van der Waals surface area contributed by atoms with Crippen molar-refractivity contribution in [2.45, 2.75) is 6.92 Å². The first kappa shape index (κ1) is 8.97. The molecule has 0 bridgehead atoms. The van der Waals surface area contributed by atoms with E-state index in [1.54, 1.807) is 0 Å². The number of allylic oxidation sites excluding steroid dienone is 1. The second-order valence-electron chi connectivity index (χ2n) is 1.34. The highest BCUT2D eigenvalue weighted by molar-refractivity contribution is 7.83. The summed E-state index contributed by atoms with van der Waals surface area (Å²) in [4.78, 5) is 0.0859. The molecule has 0 amide bonds. The van der Waals surface area contributed by atoms with Gasteiger partial charge in [-0.15, -0.1) is 0 Å². The van der Waals surface area contributed by atoms with Gasteiger partial charge in [0.05, 0.1) is 4.91 Å². The largest absolute Gasteiger partial charge is 0.768 e. The van der Waals surface area contributed by atoms with Crippen molar-refractivity contribution in [1.82, 2.24) is 0 Å². The summed E-state index contributed by atoms with van der Waals surface area (Å²) in [6.45, 7) is 4.60. The maximum Gasteiger partial charge on any atom is 0.0501 e. The second kappa shape index (κ2) is 4.81. The van der Waals surface area contributed by atoms with E-state index in [2.05, 4.69) is 29.5 Å². The first-order chi connectivity index (χ1) is 4.68. The van der Waals surface area contributed by atoms with Crippen LogP contribution in [0.25, 0.3) is 0 Å². The second-order valence-corrected chi connectivity index (χ2v) is 2.42. The molecule has 0 fully saturated rings. The number of hydrogen-bond acceptors (Lipinski definition) is 2. The van der Waals surface area contributed by atoms with Gasteiger partial charge >= 0.3 is 0 Å². The Hall–Kier alpha value is -1.03. The van der Waals surface area contributed by atoms with Gasteiger partial charge in [-0.05, 0) is 41.8 Å². The molecule has 2 nitrogen and oxygen atoms in total. The normalized spacial score (nSPS) is 9.80. The first-order valence-electron chi connectivity index (χ1n) is 2.39. The maximum absolute atomic E-state index is 10.1. The van der Waals surface area contributed by atoms with Crippen LogP contribution in [0.5, 0.6) is 0 Å². The lowest BCUT2D eigenvalue weighted by atomic mass is 10.6. The minimum Gasteiger partial charge on any atom is -0.768 e. The molecule has 3 heteroatoms. The Kier molecular flexibility index (Phi) is 4.32. The van der Waals surface area contributed by atoms with Crippen molar-refractivity contribution in [3.8, 4) is 0 Å². The third kappa shape index (κ3) is 3.91. The molecule has 0 saturated heterocycles. The summed E-state index contributed by atoms with van der Waals surface area (Å²) in [5.41, 5.74) is 9.23. The average Bonchev–Trinajstić information content (AvgIpc) is 1.88. The van der Waals surface area contributed by atoms with Crippen molar-refractivity contribution in [2.24, 2.45) is 0 Å². The van der Waals surface area contributed by atoms with Crippen molar-refractivity contribution in [3.05, 3.63) is 34.4 Å². The summed E-state index contributed by atoms with van der Waals surface area (Å²) >= 11 is -2.21. The van der Waals surface area contributed by atoms with Gasteiger partial charge in [-0.3, -0.25) is 4.21 Å². The highest BCUT2D eigenvalue weighted by Crippen LogP contribution is 1.90. The Morgan fingerprint density at radius 1 is 1.60 bits per heavy atom. The molecule has 1 unspecified atom stereocenters. The monoisotopic (exact) mass is 153 g/mol. The van der Waals surface area contributed by atoms with Gasteiger partial charge < -0.3 is 4.55 Å². The minimum absolute atomic E-state index is 0.0859. The smallest absolute Gasteiger partial charge is 0.0501 e. The van der Waals surface area contributed by atoms with Crippen LogP contribution in [0.15, 0.2) is 34.4 Å². The topological polar surface area (TPSA) is 40.1 Å². The summed E-state index contributed by atoms with van der Waals surface area (Å²) in [7, 11) is 0. The van der Waals surface area contributed by atoms with Crippen LogP contribution in [0.3, 0.4) is 0 Å². The maximum atomic E-state index is 10.1.